The van der Waals surface area contributed by atoms with Gasteiger partial charge in [0.1, 0.15) is 16.5 Å². The average molecular weight is 296 g/mol. The van der Waals surface area contributed by atoms with Crippen molar-refractivity contribution in [3.63, 3.8) is 0 Å². The highest BCUT2D eigenvalue weighted by atomic mass is 32.2. The quantitative estimate of drug-likeness (QED) is 0.872. The van der Waals surface area contributed by atoms with Gasteiger partial charge in [-0.3, -0.25) is 0 Å². The summed E-state index contributed by atoms with van der Waals surface area (Å²) in [4.78, 5) is 0. The first-order chi connectivity index (χ1) is 9.38. The molecule has 0 bridgehead atoms. The molecule has 102 valence electrons. The van der Waals surface area contributed by atoms with Crippen LogP contribution in [0, 0.1) is 0 Å². The first-order valence-corrected chi connectivity index (χ1v) is 8.18. The average Bonchev–Trinajstić information content (AvgIpc) is 2.97. The maximum Gasteiger partial charge on any atom is 0.191 e. The van der Waals surface area contributed by atoms with Crippen molar-refractivity contribution >= 4 is 28.3 Å². The molecule has 0 aromatic carbocycles. The Morgan fingerprint density at radius 3 is 3.11 bits per heavy atom. The number of fused-ring (bicyclic) bond motifs is 1. The van der Waals surface area contributed by atoms with Crippen molar-refractivity contribution in [2.45, 2.75) is 43.1 Å². The predicted molar refractivity (Wildman–Crippen MR) is 76.6 cm³/mol. The van der Waals surface area contributed by atoms with Gasteiger partial charge in [0.2, 0.25) is 0 Å². The molecule has 0 aliphatic carbocycles. The van der Waals surface area contributed by atoms with Gasteiger partial charge in [-0.25, -0.2) is 0 Å². The molecule has 8 heteroatoms. The molecule has 0 radical (unpaired) electrons. The van der Waals surface area contributed by atoms with Crippen molar-refractivity contribution in [2.24, 2.45) is 0 Å². The molecule has 3 heterocycles. The summed E-state index contributed by atoms with van der Waals surface area (Å²) in [6, 6.07) is 0. The molecule has 19 heavy (non-hydrogen) atoms. The van der Waals surface area contributed by atoms with Crippen LogP contribution < -0.4 is 5.32 Å². The van der Waals surface area contributed by atoms with Gasteiger partial charge in [0.05, 0.1) is 0 Å². The standard InChI is InChI=1S/C11H16N6S2/c1-12-10-8(13-16-19-10)7-18-11-15-14-9-5-3-2-4-6-17(9)11/h12H,2-7H2,1H3. The van der Waals surface area contributed by atoms with Crippen LogP contribution >= 0.6 is 23.3 Å². The molecule has 0 unspecified atom stereocenters. The van der Waals surface area contributed by atoms with E-state index in [1.807, 2.05) is 7.05 Å². The zero-order chi connectivity index (χ0) is 13.1. The molecule has 0 saturated heterocycles. The van der Waals surface area contributed by atoms with Gasteiger partial charge < -0.3 is 9.88 Å². The molecule has 1 aliphatic heterocycles. The fourth-order valence-electron chi connectivity index (χ4n) is 2.19. The summed E-state index contributed by atoms with van der Waals surface area (Å²) in [5.74, 6) is 1.91. The van der Waals surface area contributed by atoms with E-state index in [4.69, 9.17) is 0 Å². The lowest BCUT2D eigenvalue weighted by Gasteiger charge is -2.05. The van der Waals surface area contributed by atoms with Crippen molar-refractivity contribution in [1.29, 1.82) is 0 Å². The summed E-state index contributed by atoms with van der Waals surface area (Å²) in [6.45, 7) is 1.04. The van der Waals surface area contributed by atoms with Crippen LogP contribution in [-0.2, 0) is 18.7 Å². The third-order valence-corrected chi connectivity index (χ3v) is 4.96. The van der Waals surface area contributed by atoms with Crippen LogP contribution in [0.25, 0.3) is 0 Å². The number of hydrogen-bond donors (Lipinski definition) is 1. The van der Waals surface area contributed by atoms with Crippen LogP contribution in [0.1, 0.15) is 30.8 Å². The molecule has 0 saturated carbocycles. The summed E-state index contributed by atoms with van der Waals surface area (Å²) in [7, 11) is 1.90. The Kier molecular flexibility index (Phi) is 3.97. The normalized spacial score (nSPS) is 15.0. The van der Waals surface area contributed by atoms with Gasteiger partial charge in [-0.2, -0.15) is 0 Å². The molecule has 0 spiro atoms. The van der Waals surface area contributed by atoms with E-state index in [-0.39, 0.29) is 0 Å². The molecular formula is C11H16N6S2. The second-order valence-corrected chi connectivity index (χ2v) is 6.15. The van der Waals surface area contributed by atoms with Gasteiger partial charge in [0, 0.05) is 37.3 Å². The third kappa shape index (κ3) is 2.74. The van der Waals surface area contributed by atoms with Crippen LogP contribution in [0.5, 0.6) is 0 Å². The molecule has 3 rings (SSSR count). The maximum atomic E-state index is 4.31. The van der Waals surface area contributed by atoms with Crippen molar-refractivity contribution in [3.05, 3.63) is 11.5 Å². The molecule has 0 fully saturated rings. The fourth-order valence-corrected chi connectivity index (χ4v) is 3.73. The minimum Gasteiger partial charge on any atom is -0.377 e. The Bertz CT molecular complexity index is 549. The molecule has 0 amide bonds. The van der Waals surface area contributed by atoms with Crippen LogP contribution in [0.3, 0.4) is 0 Å². The zero-order valence-corrected chi connectivity index (χ0v) is 12.4. The van der Waals surface area contributed by atoms with Crippen LogP contribution in [0.15, 0.2) is 5.16 Å². The summed E-state index contributed by atoms with van der Waals surface area (Å²) in [5.41, 5.74) is 0.989. The second-order valence-electron chi connectivity index (χ2n) is 4.45. The molecule has 2 aromatic heterocycles. The van der Waals surface area contributed by atoms with E-state index in [0.29, 0.717) is 0 Å². The fraction of sp³-hybridized carbons (Fsp3) is 0.636. The molecular weight excluding hydrogens is 280 g/mol. The van der Waals surface area contributed by atoms with Gasteiger partial charge in [0.15, 0.2) is 5.16 Å². The van der Waals surface area contributed by atoms with Crippen molar-refractivity contribution in [2.75, 3.05) is 12.4 Å². The second kappa shape index (κ2) is 5.87. The smallest absolute Gasteiger partial charge is 0.191 e. The van der Waals surface area contributed by atoms with Crippen molar-refractivity contribution < 1.29 is 0 Å². The number of thioether (sulfide) groups is 1. The maximum absolute atomic E-state index is 4.31. The first-order valence-electron chi connectivity index (χ1n) is 6.42. The van der Waals surface area contributed by atoms with Crippen molar-refractivity contribution in [1.82, 2.24) is 24.4 Å². The molecule has 1 aliphatic rings. The zero-order valence-electron chi connectivity index (χ0n) is 10.8. The van der Waals surface area contributed by atoms with E-state index >= 15 is 0 Å². The monoisotopic (exact) mass is 296 g/mol. The lowest BCUT2D eigenvalue weighted by molar-refractivity contribution is 0.591. The van der Waals surface area contributed by atoms with Gasteiger partial charge in [-0.05, 0) is 12.8 Å². The number of aromatic nitrogens is 5. The molecule has 2 aromatic rings. The first kappa shape index (κ1) is 12.9. The lowest BCUT2D eigenvalue weighted by Crippen LogP contribution is -2.02. The van der Waals surface area contributed by atoms with E-state index in [1.165, 1.54) is 30.8 Å². The summed E-state index contributed by atoms with van der Waals surface area (Å²) >= 11 is 3.08. The van der Waals surface area contributed by atoms with Crippen molar-refractivity contribution in [3.8, 4) is 0 Å². The number of rotatable bonds is 4. The number of aryl methyl sites for hydroxylation is 1. The Morgan fingerprint density at radius 2 is 2.21 bits per heavy atom. The topological polar surface area (TPSA) is 68.5 Å². The number of anilines is 1. The Balaban J connectivity index is 1.72. The summed E-state index contributed by atoms with van der Waals surface area (Å²) in [5, 5.41) is 17.9. The number of nitrogens with one attached hydrogen (secondary N) is 1. The van der Waals surface area contributed by atoms with E-state index in [2.05, 4.69) is 29.7 Å². The largest absolute Gasteiger partial charge is 0.377 e. The van der Waals surface area contributed by atoms with Gasteiger partial charge in [0.25, 0.3) is 0 Å². The van der Waals surface area contributed by atoms with Crippen LogP contribution in [0.2, 0.25) is 0 Å². The lowest BCUT2D eigenvalue weighted by atomic mass is 10.2. The number of hydrogen-bond acceptors (Lipinski definition) is 7. The van der Waals surface area contributed by atoms with Crippen LogP contribution in [0.4, 0.5) is 5.00 Å². The summed E-state index contributed by atoms with van der Waals surface area (Å²) < 4.78 is 6.23. The third-order valence-electron chi connectivity index (χ3n) is 3.20. The van der Waals surface area contributed by atoms with E-state index in [0.717, 1.165) is 40.4 Å². The molecule has 0 atom stereocenters. The molecule has 1 N–H and O–H groups in total. The minimum absolute atomic E-state index is 0.783. The minimum atomic E-state index is 0.783. The highest BCUT2D eigenvalue weighted by Crippen LogP contribution is 2.27. The van der Waals surface area contributed by atoms with Gasteiger partial charge >= 0.3 is 0 Å². The highest BCUT2D eigenvalue weighted by Gasteiger charge is 2.16. The predicted octanol–water partition coefficient (Wildman–Crippen LogP) is 2.19. The SMILES string of the molecule is CNc1snnc1CSc1nnc2n1CCCCC2. The van der Waals surface area contributed by atoms with E-state index < -0.39 is 0 Å². The van der Waals surface area contributed by atoms with E-state index in [1.54, 1.807) is 11.8 Å². The highest BCUT2D eigenvalue weighted by molar-refractivity contribution is 7.98. The Hall–Kier alpha value is -1.15. The summed E-state index contributed by atoms with van der Waals surface area (Å²) in [6.07, 6.45) is 4.78. The molecule has 6 nitrogen and oxygen atoms in total. The number of nitrogens with zero attached hydrogens (tertiary/aromatic N) is 5. The Labute approximate surface area is 120 Å². The van der Waals surface area contributed by atoms with E-state index in [9.17, 15) is 0 Å². The van der Waals surface area contributed by atoms with Crippen LogP contribution in [-0.4, -0.2) is 31.4 Å². The van der Waals surface area contributed by atoms with Gasteiger partial charge in [-0.1, -0.05) is 22.7 Å². The van der Waals surface area contributed by atoms with Gasteiger partial charge in [-0.15, -0.1) is 15.3 Å². The Morgan fingerprint density at radius 1 is 1.26 bits per heavy atom.